The highest BCUT2D eigenvalue weighted by Crippen LogP contribution is 2.26. The van der Waals surface area contributed by atoms with Crippen molar-refractivity contribution >= 4 is 0 Å². The van der Waals surface area contributed by atoms with Crippen molar-refractivity contribution in [1.82, 2.24) is 5.32 Å². The molecular weight excluding hydrogens is 238 g/mol. The van der Waals surface area contributed by atoms with Gasteiger partial charge in [0.25, 0.3) is 0 Å². The molecule has 3 heteroatoms. The highest BCUT2D eigenvalue weighted by atomic mass is 16.5. The van der Waals surface area contributed by atoms with Gasteiger partial charge in [-0.2, -0.15) is 0 Å². The molecule has 0 bridgehead atoms. The van der Waals surface area contributed by atoms with Crippen LogP contribution in [0.4, 0.5) is 0 Å². The minimum Gasteiger partial charge on any atom is -0.504 e. The number of phenolic OH excluding ortho intramolecular Hbond substituents is 1. The monoisotopic (exact) mass is 257 g/mol. The molecule has 0 unspecified atom stereocenters. The minimum atomic E-state index is 0.169. The molecule has 0 aromatic heterocycles. The molecule has 0 aliphatic heterocycles. The molecular formula is C16H19NO2. The molecule has 2 rings (SSSR count). The normalized spacial score (nSPS) is 12.1. The van der Waals surface area contributed by atoms with Gasteiger partial charge in [0.2, 0.25) is 0 Å². The highest BCUT2D eigenvalue weighted by molar-refractivity contribution is 5.41. The predicted octanol–water partition coefficient (Wildman–Crippen LogP) is 3.25. The molecule has 0 aliphatic carbocycles. The Labute approximate surface area is 113 Å². The van der Waals surface area contributed by atoms with E-state index in [-0.39, 0.29) is 11.8 Å². The Morgan fingerprint density at radius 1 is 1.16 bits per heavy atom. The van der Waals surface area contributed by atoms with E-state index < -0.39 is 0 Å². The van der Waals surface area contributed by atoms with Crippen LogP contribution in [0, 0.1) is 0 Å². The lowest BCUT2D eigenvalue weighted by atomic mass is 10.1. The maximum Gasteiger partial charge on any atom is 0.160 e. The van der Waals surface area contributed by atoms with Crippen LogP contribution in [0.3, 0.4) is 0 Å². The summed E-state index contributed by atoms with van der Waals surface area (Å²) in [6, 6.07) is 16.0. The number of hydrogen-bond acceptors (Lipinski definition) is 3. The molecule has 0 aliphatic rings. The van der Waals surface area contributed by atoms with Crippen LogP contribution in [-0.4, -0.2) is 12.2 Å². The van der Waals surface area contributed by atoms with E-state index in [0.717, 1.165) is 12.1 Å². The first kappa shape index (κ1) is 13.4. The molecule has 0 radical (unpaired) electrons. The average molecular weight is 257 g/mol. The summed E-state index contributed by atoms with van der Waals surface area (Å²) >= 11 is 0. The molecule has 0 amide bonds. The summed E-state index contributed by atoms with van der Waals surface area (Å²) in [5.41, 5.74) is 2.34. The van der Waals surface area contributed by atoms with Gasteiger partial charge in [-0.25, -0.2) is 0 Å². The zero-order valence-corrected chi connectivity index (χ0v) is 11.3. The number of benzene rings is 2. The lowest BCUT2D eigenvalue weighted by Crippen LogP contribution is -2.17. The van der Waals surface area contributed by atoms with Crippen LogP contribution in [-0.2, 0) is 6.54 Å². The molecule has 2 aromatic carbocycles. The maximum atomic E-state index is 9.54. The standard InChI is InChI=1S/C16H19NO2/c1-12(14-6-4-3-5-7-14)17-11-13-8-9-15(18)16(10-13)19-2/h3-10,12,17-18H,11H2,1-2H3/t12-/m1/s1. The fraction of sp³-hybridized carbons (Fsp3) is 0.250. The molecule has 0 heterocycles. The second-order valence-corrected chi connectivity index (χ2v) is 4.52. The van der Waals surface area contributed by atoms with Crippen molar-refractivity contribution in [2.45, 2.75) is 19.5 Å². The van der Waals surface area contributed by atoms with Gasteiger partial charge in [0.1, 0.15) is 0 Å². The van der Waals surface area contributed by atoms with Gasteiger partial charge in [-0.05, 0) is 30.2 Å². The third kappa shape index (κ3) is 3.48. The molecule has 0 spiro atoms. The van der Waals surface area contributed by atoms with E-state index in [1.807, 2.05) is 30.3 Å². The summed E-state index contributed by atoms with van der Waals surface area (Å²) < 4.78 is 5.10. The second-order valence-electron chi connectivity index (χ2n) is 4.52. The fourth-order valence-electron chi connectivity index (χ4n) is 1.96. The van der Waals surface area contributed by atoms with Gasteiger partial charge in [0, 0.05) is 12.6 Å². The molecule has 1 atom stereocenters. The van der Waals surface area contributed by atoms with Crippen LogP contribution >= 0.6 is 0 Å². The van der Waals surface area contributed by atoms with Crippen molar-refractivity contribution in [3.05, 3.63) is 59.7 Å². The van der Waals surface area contributed by atoms with Gasteiger partial charge in [-0.3, -0.25) is 0 Å². The lowest BCUT2D eigenvalue weighted by molar-refractivity contribution is 0.372. The summed E-state index contributed by atoms with van der Waals surface area (Å²) in [4.78, 5) is 0. The lowest BCUT2D eigenvalue weighted by Gasteiger charge is -2.14. The quantitative estimate of drug-likeness (QED) is 0.864. The van der Waals surface area contributed by atoms with Crippen LogP contribution < -0.4 is 10.1 Å². The molecule has 2 N–H and O–H groups in total. The zero-order chi connectivity index (χ0) is 13.7. The van der Waals surface area contributed by atoms with E-state index in [4.69, 9.17) is 4.74 Å². The van der Waals surface area contributed by atoms with Crippen molar-refractivity contribution in [2.24, 2.45) is 0 Å². The molecule has 2 aromatic rings. The summed E-state index contributed by atoms with van der Waals surface area (Å²) in [5.74, 6) is 0.675. The van der Waals surface area contributed by atoms with Gasteiger partial charge in [0.05, 0.1) is 7.11 Å². The molecule has 3 nitrogen and oxygen atoms in total. The largest absolute Gasteiger partial charge is 0.504 e. The summed E-state index contributed by atoms with van der Waals surface area (Å²) in [7, 11) is 1.55. The fourth-order valence-corrected chi connectivity index (χ4v) is 1.96. The second kappa shape index (κ2) is 6.25. The number of phenols is 1. The van der Waals surface area contributed by atoms with Gasteiger partial charge in [-0.1, -0.05) is 36.4 Å². The van der Waals surface area contributed by atoms with E-state index in [1.165, 1.54) is 5.56 Å². The first-order valence-electron chi connectivity index (χ1n) is 6.35. The average Bonchev–Trinajstić information content (AvgIpc) is 2.47. The van der Waals surface area contributed by atoms with Gasteiger partial charge < -0.3 is 15.2 Å². The summed E-state index contributed by atoms with van der Waals surface area (Å²) in [6.45, 7) is 2.86. The maximum absolute atomic E-state index is 9.54. The summed E-state index contributed by atoms with van der Waals surface area (Å²) in [6.07, 6.45) is 0. The highest BCUT2D eigenvalue weighted by Gasteiger charge is 2.06. The smallest absolute Gasteiger partial charge is 0.160 e. The molecule has 19 heavy (non-hydrogen) atoms. The number of methoxy groups -OCH3 is 1. The number of ether oxygens (including phenoxy) is 1. The zero-order valence-electron chi connectivity index (χ0n) is 11.3. The number of nitrogens with one attached hydrogen (secondary N) is 1. The van der Waals surface area contributed by atoms with Crippen molar-refractivity contribution in [3.8, 4) is 11.5 Å². The Hall–Kier alpha value is -2.00. The van der Waals surface area contributed by atoms with Gasteiger partial charge >= 0.3 is 0 Å². The van der Waals surface area contributed by atoms with Crippen molar-refractivity contribution < 1.29 is 9.84 Å². The Bertz CT molecular complexity index is 526. The minimum absolute atomic E-state index is 0.169. The van der Waals surface area contributed by atoms with E-state index in [0.29, 0.717) is 5.75 Å². The third-order valence-electron chi connectivity index (χ3n) is 3.16. The van der Waals surface area contributed by atoms with Crippen molar-refractivity contribution in [1.29, 1.82) is 0 Å². The van der Waals surface area contributed by atoms with Crippen LogP contribution in [0.25, 0.3) is 0 Å². The molecule has 0 saturated carbocycles. The Kier molecular flexibility index (Phi) is 4.42. The van der Waals surface area contributed by atoms with Crippen molar-refractivity contribution in [2.75, 3.05) is 7.11 Å². The Balaban J connectivity index is 1.99. The first-order valence-corrected chi connectivity index (χ1v) is 6.35. The van der Waals surface area contributed by atoms with Crippen LogP contribution in [0.5, 0.6) is 11.5 Å². The van der Waals surface area contributed by atoms with E-state index in [9.17, 15) is 5.11 Å². The Morgan fingerprint density at radius 3 is 2.58 bits per heavy atom. The summed E-state index contributed by atoms with van der Waals surface area (Å²) in [5, 5.41) is 13.0. The van der Waals surface area contributed by atoms with Crippen LogP contribution in [0.2, 0.25) is 0 Å². The molecule has 100 valence electrons. The van der Waals surface area contributed by atoms with Crippen LogP contribution in [0.1, 0.15) is 24.1 Å². The topological polar surface area (TPSA) is 41.5 Å². The van der Waals surface area contributed by atoms with Crippen LogP contribution in [0.15, 0.2) is 48.5 Å². The van der Waals surface area contributed by atoms with E-state index in [2.05, 4.69) is 24.4 Å². The van der Waals surface area contributed by atoms with E-state index >= 15 is 0 Å². The third-order valence-corrected chi connectivity index (χ3v) is 3.16. The first-order chi connectivity index (χ1) is 9.20. The number of rotatable bonds is 5. The predicted molar refractivity (Wildman–Crippen MR) is 76.4 cm³/mol. The van der Waals surface area contributed by atoms with Gasteiger partial charge in [-0.15, -0.1) is 0 Å². The van der Waals surface area contributed by atoms with E-state index in [1.54, 1.807) is 13.2 Å². The number of aromatic hydroxyl groups is 1. The SMILES string of the molecule is COc1cc(CN[C@H](C)c2ccccc2)ccc1O. The van der Waals surface area contributed by atoms with Crippen molar-refractivity contribution in [3.63, 3.8) is 0 Å². The number of hydrogen-bond donors (Lipinski definition) is 2. The van der Waals surface area contributed by atoms with Gasteiger partial charge in [0.15, 0.2) is 11.5 Å². The molecule has 0 fully saturated rings. The Morgan fingerprint density at radius 2 is 1.89 bits per heavy atom. The molecule has 0 saturated heterocycles.